The Kier molecular flexibility index (Phi) is 8.57. The molecule has 0 aliphatic heterocycles. The van der Waals surface area contributed by atoms with Crippen molar-refractivity contribution < 1.29 is 13.3 Å². The second-order valence-electron chi connectivity index (χ2n) is 4.69. The van der Waals surface area contributed by atoms with Gasteiger partial charge >= 0.3 is 8.80 Å². The van der Waals surface area contributed by atoms with Crippen molar-refractivity contribution in [2.75, 3.05) is 27.5 Å². The predicted octanol–water partition coefficient (Wildman–Crippen LogP) is 3.15. The maximum Gasteiger partial charge on any atom is 0.498 e. The lowest BCUT2D eigenvalue weighted by molar-refractivity contribution is 0.0693. The summed E-state index contributed by atoms with van der Waals surface area (Å²) in [7, 11) is -0.440. The quantitative estimate of drug-likeness (QED) is 0.457. The minimum atomic E-state index is -2.41. The van der Waals surface area contributed by atoms with Crippen LogP contribution in [0.5, 0.6) is 0 Å². The van der Waals surface area contributed by atoms with E-state index < -0.39 is 17.0 Å². The van der Waals surface area contributed by atoms with Crippen LogP contribution in [0.1, 0.15) is 27.7 Å². The Morgan fingerprint density at radius 3 is 1.61 bits per heavy atom. The molecule has 0 aliphatic carbocycles. The first kappa shape index (κ1) is 18.3. The summed E-state index contributed by atoms with van der Waals surface area (Å²) in [5, 5.41) is 0. The Hall–Kier alpha value is 0.274. The van der Waals surface area contributed by atoms with Crippen molar-refractivity contribution >= 4 is 17.0 Å². The highest BCUT2D eigenvalue weighted by atomic mass is 28.4. The first-order valence-corrected chi connectivity index (χ1v) is 11.8. The average molecular weight is 294 g/mol. The second kappa shape index (κ2) is 8.45. The van der Waals surface area contributed by atoms with E-state index in [2.05, 4.69) is 32.3 Å². The molecule has 0 rings (SSSR count). The average Bonchev–Trinajstić information content (AvgIpc) is 2.43. The van der Waals surface area contributed by atoms with Gasteiger partial charge in [0.2, 0.25) is 0 Å². The van der Waals surface area contributed by atoms with Crippen LogP contribution in [0.3, 0.4) is 0 Å². The van der Waals surface area contributed by atoms with E-state index >= 15 is 0 Å². The van der Waals surface area contributed by atoms with Crippen LogP contribution >= 0.6 is 0 Å². The summed E-state index contributed by atoms with van der Waals surface area (Å²) in [6.07, 6.45) is 0. The zero-order valence-corrected chi connectivity index (χ0v) is 15.2. The highest BCUT2D eigenvalue weighted by Crippen LogP contribution is 2.25. The molecule has 0 unspecified atom stereocenters. The third-order valence-electron chi connectivity index (χ3n) is 4.25. The van der Waals surface area contributed by atoms with Gasteiger partial charge in [0, 0.05) is 20.8 Å². The Labute approximate surface area is 115 Å². The minimum Gasteiger partial charge on any atom is -0.377 e. The third-order valence-corrected chi connectivity index (χ3v) is 12.1. The Morgan fingerprint density at radius 2 is 1.33 bits per heavy atom. The Bertz CT molecular complexity index is 213. The molecule has 0 fully saturated rings. The molecular formula is C12H31NO3Si2. The summed E-state index contributed by atoms with van der Waals surface area (Å²) < 4.78 is 19.2. The SMILES string of the molecule is CCN(CO[Si](C)(OC)OC)[Si](CC)(CC)CC. The van der Waals surface area contributed by atoms with Crippen LogP contribution in [0.2, 0.25) is 24.7 Å². The van der Waals surface area contributed by atoms with E-state index in [4.69, 9.17) is 13.3 Å². The van der Waals surface area contributed by atoms with E-state index in [9.17, 15) is 0 Å². The summed E-state index contributed by atoms with van der Waals surface area (Å²) in [5.74, 6) is 0. The molecule has 0 bridgehead atoms. The fourth-order valence-corrected chi connectivity index (χ4v) is 7.15. The largest absolute Gasteiger partial charge is 0.498 e. The van der Waals surface area contributed by atoms with Gasteiger partial charge in [-0.2, -0.15) is 0 Å². The van der Waals surface area contributed by atoms with E-state index in [-0.39, 0.29) is 0 Å². The second-order valence-corrected chi connectivity index (χ2v) is 12.7. The zero-order chi connectivity index (χ0) is 14.2. The van der Waals surface area contributed by atoms with Gasteiger partial charge in [0.05, 0.1) is 6.73 Å². The lowest BCUT2D eigenvalue weighted by atomic mass is 10.8. The standard InChI is InChI=1S/C12H31NO3Si2/c1-8-13(18(9-2,10-3)11-4)12-16-17(7,14-5)15-6/h8-12H2,1-7H3. The van der Waals surface area contributed by atoms with Gasteiger partial charge in [-0.05, 0) is 24.7 Å². The van der Waals surface area contributed by atoms with Crippen molar-refractivity contribution in [3.8, 4) is 0 Å². The minimum absolute atomic E-state index is 0.642. The number of nitrogens with zero attached hydrogens (tertiary/aromatic N) is 1. The molecule has 0 spiro atoms. The smallest absolute Gasteiger partial charge is 0.377 e. The summed E-state index contributed by atoms with van der Waals surface area (Å²) in [5.41, 5.74) is 0. The molecule has 0 radical (unpaired) electrons. The third kappa shape index (κ3) is 4.43. The molecule has 0 aromatic carbocycles. The highest BCUT2D eigenvalue weighted by Gasteiger charge is 2.37. The van der Waals surface area contributed by atoms with Gasteiger partial charge in [-0.25, -0.2) is 0 Å². The van der Waals surface area contributed by atoms with Crippen LogP contribution in [0.25, 0.3) is 0 Å². The summed E-state index contributed by atoms with van der Waals surface area (Å²) in [4.78, 5) is 0. The lowest BCUT2D eigenvalue weighted by Crippen LogP contribution is -2.55. The van der Waals surface area contributed by atoms with Gasteiger partial charge in [-0.15, -0.1) is 0 Å². The fraction of sp³-hybridized carbons (Fsp3) is 1.00. The zero-order valence-electron chi connectivity index (χ0n) is 13.2. The molecular weight excluding hydrogens is 262 g/mol. The predicted molar refractivity (Wildman–Crippen MR) is 81.2 cm³/mol. The van der Waals surface area contributed by atoms with Gasteiger partial charge in [-0.1, -0.05) is 27.7 Å². The van der Waals surface area contributed by atoms with Gasteiger partial charge in [-0.3, -0.25) is 0 Å². The van der Waals surface area contributed by atoms with Crippen LogP contribution in [0.15, 0.2) is 0 Å². The molecule has 0 N–H and O–H groups in total. The first-order chi connectivity index (χ1) is 8.47. The summed E-state index contributed by atoms with van der Waals surface area (Å²) in [6, 6.07) is 3.82. The highest BCUT2D eigenvalue weighted by molar-refractivity contribution is 6.77. The molecule has 0 atom stereocenters. The lowest BCUT2D eigenvalue weighted by Gasteiger charge is -2.41. The molecule has 110 valence electrons. The fourth-order valence-electron chi connectivity index (χ4n) is 2.38. The molecule has 0 amide bonds. The maximum atomic E-state index is 5.95. The molecule has 18 heavy (non-hydrogen) atoms. The van der Waals surface area contributed by atoms with Gasteiger partial charge < -0.3 is 17.8 Å². The summed E-state index contributed by atoms with van der Waals surface area (Å²) in [6.45, 7) is 12.8. The Balaban J connectivity index is 4.69. The monoisotopic (exact) mass is 293 g/mol. The van der Waals surface area contributed by atoms with Crippen molar-refractivity contribution in [3.63, 3.8) is 0 Å². The molecule has 0 saturated heterocycles. The van der Waals surface area contributed by atoms with Crippen LogP contribution in [0.4, 0.5) is 0 Å². The van der Waals surface area contributed by atoms with Crippen LogP contribution in [-0.4, -0.2) is 49.1 Å². The number of rotatable bonds is 10. The summed E-state index contributed by atoms with van der Waals surface area (Å²) >= 11 is 0. The molecule has 4 nitrogen and oxygen atoms in total. The van der Waals surface area contributed by atoms with E-state index in [1.54, 1.807) is 14.2 Å². The molecule has 0 aromatic rings. The van der Waals surface area contributed by atoms with Crippen molar-refractivity contribution in [2.45, 2.75) is 52.4 Å². The van der Waals surface area contributed by atoms with Crippen LogP contribution in [-0.2, 0) is 13.3 Å². The van der Waals surface area contributed by atoms with E-state index in [1.807, 2.05) is 6.55 Å². The van der Waals surface area contributed by atoms with Gasteiger partial charge in [0.1, 0.15) is 8.24 Å². The Morgan fingerprint density at radius 1 is 0.889 bits per heavy atom. The van der Waals surface area contributed by atoms with E-state index in [0.717, 1.165) is 6.54 Å². The normalized spacial score (nSPS) is 13.3. The maximum absolute atomic E-state index is 5.95. The molecule has 0 heterocycles. The topological polar surface area (TPSA) is 30.9 Å². The molecule has 0 aliphatic rings. The van der Waals surface area contributed by atoms with Crippen molar-refractivity contribution in [3.05, 3.63) is 0 Å². The number of hydrogen-bond acceptors (Lipinski definition) is 4. The molecule has 6 heteroatoms. The van der Waals surface area contributed by atoms with Crippen molar-refractivity contribution in [1.29, 1.82) is 0 Å². The molecule has 0 saturated carbocycles. The van der Waals surface area contributed by atoms with Gasteiger partial charge in [0.15, 0.2) is 0 Å². The van der Waals surface area contributed by atoms with E-state index in [1.165, 1.54) is 18.1 Å². The van der Waals surface area contributed by atoms with Crippen molar-refractivity contribution in [2.24, 2.45) is 0 Å². The van der Waals surface area contributed by atoms with E-state index in [0.29, 0.717) is 6.73 Å². The molecule has 0 aromatic heterocycles. The first-order valence-electron chi connectivity index (χ1n) is 6.96. The van der Waals surface area contributed by atoms with Crippen molar-refractivity contribution in [1.82, 2.24) is 4.57 Å². The number of hydrogen-bond donors (Lipinski definition) is 0. The van der Waals surface area contributed by atoms with Gasteiger partial charge in [0.25, 0.3) is 0 Å². The van der Waals surface area contributed by atoms with Crippen LogP contribution < -0.4 is 0 Å². The van der Waals surface area contributed by atoms with Crippen LogP contribution in [0, 0.1) is 0 Å².